The Morgan fingerprint density at radius 2 is 1.74 bits per heavy atom. The van der Waals surface area contributed by atoms with Crippen molar-refractivity contribution in [2.75, 3.05) is 11.6 Å². The maximum Gasteiger partial charge on any atom is 0.263 e. The molecule has 0 saturated heterocycles. The van der Waals surface area contributed by atoms with Gasteiger partial charge in [0.1, 0.15) is 11.5 Å². The molecule has 0 atom stereocenters. The number of alkyl halides is 1. The second-order valence-corrected chi connectivity index (χ2v) is 8.44. The van der Waals surface area contributed by atoms with Crippen molar-refractivity contribution in [1.29, 1.82) is 0 Å². The highest BCUT2D eigenvalue weighted by Gasteiger charge is 2.22. The number of ketones is 1. The highest BCUT2D eigenvalue weighted by molar-refractivity contribution is 7.92. The van der Waals surface area contributed by atoms with Crippen molar-refractivity contribution < 1.29 is 27.1 Å². The Balaban J connectivity index is 1.95. The number of ether oxygens (including phenoxy) is 2. The van der Waals surface area contributed by atoms with E-state index in [-0.39, 0.29) is 28.1 Å². The zero-order valence-electron chi connectivity index (χ0n) is 16.9. The van der Waals surface area contributed by atoms with Crippen LogP contribution in [0.2, 0.25) is 0 Å². The molecule has 0 saturated carbocycles. The summed E-state index contributed by atoms with van der Waals surface area (Å²) in [6.07, 6.45) is 1.08. The second-order valence-electron chi connectivity index (χ2n) is 6.76. The number of halogens is 1. The van der Waals surface area contributed by atoms with Crippen LogP contribution in [0.5, 0.6) is 11.5 Å². The summed E-state index contributed by atoms with van der Waals surface area (Å²) in [5.74, 6) is -0.155. The molecule has 0 radical (unpaired) electrons. The summed E-state index contributed by atoms with van der Waals surface area (Å²) in [4.78, 5) is 16.9. The molecule has 7 nitrogen and oxygen atoms in total. The van der Waals surface area contributed by atoms with Gasteiger partial charge in [-0.3, -0.25) is 9.52 Å². The van der Waals surface area contributed by atoms with E-state index in [0.717, 1.165) is 6.20 Å². The number of anilines is 1. The number of rotatable bonds is 9. The fourth-order valence-corrected chi connectivity index (χ4v) is 3.77. The standard InChI is InChI=1S/C22H21FN2O5S/c1-15(2)30-17-8-10-19(11-9-17)31(27,28)25-22-20(12-18(13-24-22)29-14-23)21(26)16-6-4-3-5-7-16/h3-13,15H,14H2,1-2H3,(H,24,25). The van der Waals surface area contributed by atoms with Gasteiger partial charge in [-0.15, -0.1) is 0 Å². The number of carbonyl (C=O) groups is 1. The van der Waals surface area contributed by atoms with Gasteiger partial charge in [0.05, 0.1) is 22.8 Å². The minimum atomic E-state index is -4.06. The lowest BCUT2D eigenvalue weighted by Gasteiger charge is -2.13. The Hall–Kier alpha value is -3.46. The van der Waals surface area contributed by atoms with Crippen LogP contribution >= 0.6 is 0 Å². The van der Waals surface area contributed by atoms with Crippen molar-refractivity contribution in [1.82, 2.24) is 4.98 Å². The summed E-state index contributed by atoms with van der Waals surface area (Å²) in [5, 5.41) is 0. The maximum absolute atomic E-state index is 13.0. The quantitative estimate of drug-likeness (QED) is 0.497. The van der Waals surface area contributed by atoms with Gasteiger partial charge in [0.2, 0.25) is 6.86 Å². The predicted molar refractivity (Wildman–Crippen MR) is 114 cm³/mol. The molecular formula is C22H21FN2O5S. The molecule has 9 heteroatoms. The molecule has 0 unspecified atom stereocenters. The van der Waals surface area contributed by atoms with Crippen LogP contribution in [0.25, 0.3) is 0 Å². The van der Waals surface area contributed by atoms with E-state index in [1.54, 1.807) is 30.3 Å². The first-order valence-electron chi connectivity index (χ1n) is 9.38. The number of sulfonamides is 1. The number of carbonyl (C=O) groups excluding carboxylic acids is 1. The van der Waals surface area contributed by atoms with E-state index in [0.29, 0.717) is 11.3 Å². The fraction of sp³-hybridized carbons (Fsp3) is 0.182. The first kappa shape index (κ1) is 22.2. The second kappa shape index (κ2) is 9.57. The van der Waals surface area contributed by atoms with E-state index in [2.05, 4.69) is 9.71 Å². The van der Waals surface area contributed by atoms with E-state index in [4.69, 9.17) is 9.47 Å². The van der Waals surface area contributed by atoms with Crippen LogP contribution in [0, 0.1) is 0 Å². The molecule has 162 valence electrons. The molecule has 0 aliphatic heterocycles. The zero-order chi connectivity index (χ0) is 22.4. The van der Waals surface area contributed by atoms with Crippen molar-refractivity contribution in [2.45, 2.75) is 24.8 Å². The molecule has 3 rings (SSSR count). The molecule has 1 heterocycles. The van der Waals surface area contributed by atoms with Gasteiger partial charge in [-0.1, -0.05) is 30.3 Å². The van der Waals surface area contributed by atoms with E-state index in [1.165, 1.54) is 30.3 Å². The number of hydrogen-bond donors (Lipinski definition) is 1. The van der Waals surface area contributed by atoms with Gasteiger partial charge in [0, 0.05) is 5.56 Å². The molecule has 3 aromatic rings. The summed E-state index contributed by atoms with van der Waals surface area (Å²) < 4.78 is 50.9. The molecule has 1 N–H and O–H groups in total. The lowest BCUT2D eigenvalue weighted by molar-refractivity contribution is 0.103. The fourth-order valence-electron chi connectivity index (χ4n) is 2.74. The first-order chi connectivity index (χ1) is 14.8. The highest BCUT2D eigenvalue weighted by Crippen LogP contribution is 2.26. The SMILES string of the molecule is CC(C)Oc1ccc(S(=O)(=O)Nc2ncc(OCF)cc2C(=O)c2ccccc2)cc1. The van der Waals surface area contributed by atoms with E-state index >= 15 is 0 Å². The van der Waals surface area contributed by atoms with E-state index in [9.17, 15) is 17.6 Å². The largest absolute Gasteiger partial charge is 0.491 e. The van der Waals surface area contributed by atoms with Gasteiger partial charge < -0.3 is 9.47 Å². The Labute approximate surface area is 179 Å². The van der Waals surface area contributed by atoms with E-state index < -0.39 is 22.7 Å². The molecule has 0 aliphatic carbocycles. The average molecular weight is 444 g/mol. The minimum absolute atomic E-state index is 0.0000776. The predicted octanol–water partition coefficient (Wildman–Crippen LogP) is 4.21. The van der Waals surface area contributed by atoms with Crippen molar-refractivity contribution >= 4 is 21.6 Å². The molecule has 0 bridgehead atoms. The molecular weight excluding hydrogens is 423 g/mol. The van der Waals surface area contributed by atoms with Gasteiger partial charge in [0.25, 0.3) is 10.0 Å². The highest BCUT2D eigenvalue weighted by atomic mass is 32.2. The summed E-state index contributed by atoms with van der Waals surface area (Å²) in [6, 6.07) is 15.4. The Morgan fingerprint density at radius 3 is 2.35 bits per heavy atom. The normalized spacial score (nSPS) is 11.2. The van der Waals surface area contributed by atoms with Crippen LogP contribution in [0.4, 0.5) is 10.2 Å². The third-order valence-corrected chi connectivity index (χ3v) is 5.46. The van der Waals surface area contributed by atoms with Crippen LogP contribution in [0.1, 0.15) is 29.8 Å². The summed E-state index contributed by atoms with van der Waals surface area (Å²) in [7, 11) is -4.06. The first-order valence-corrected chi connectivity index (χ1v) is 10.9. The van der Waals surface area contributed by atoms with Crippen LogP contribution in [-0.4, -0.2) is 32.1 Å². The number of hydrogen-bond acceptors (Lipinski definition) is 6. The number of aromatic nitrogens is 1. The van der Waals surface area contributed by atoms with Gasteiger partial charge >= 0.3 is 0 Å². The van der Waals surface area contributed by atoms with Crippen molar-refractivity contribution in [3.63, 3.8) is 0 Å². The molecule has 0 fully saturated rings. The smallest absolute Gasteiger partial charge is 0.263 e. The van der Waals surface area contributed by atoms with Crippen LogP contribution < -0.4 is 14.2 Å². The lowest BCUT2D eigenvalue weighted by Crippen LogP contribution is -2.17. The van der Waals surface area contributed by atoms with Crippen LogP contribution in [-0.2, 0) is 10.0 Å². The monoisotopic (exact) mass is 444 g/mol. The topological polar surface area (TPSA) is 94.6 Å². The Kier molecular flexibility index (Phi) is 6.86. The minimum Gasteiger partial charge on any atom is -0.491 e. The third kappa shape index (κ3) is 5.58. The molecule has 2 aromatic carbocycles. The van der Waals surface area contributed by atoms with Crippen molar-refractivity contribution in [2.24, 2.45) is 0 Å². The average Bonchev–Trinajstić information content (AvgIpc) is 2.75. The van der Waals surface area contributed by atoms with Crippen molar-refractivity contribution in [3.05, 3.63) is 78.0 Å². The number of pyridine rings is 1. The zero-order valence-corrected chi connectivity index (χ0v) is 17.7. The van der Waals surface area contributed by atoms with Gasteiger partial charge in [-0.05, 0) is 44.2 Å². The maximum atomic E-state index is 13.0. The van der Waals surface area contributed by atoms with Crippen LogP contribution in [0.3, 0.4) is 0 Å². The van der Waals surface area contributed by atoms with Crippen molar-refractivity contribution in [3.8, 4) is 11.5 Å². The molecule has 0 aliphatic rings. The Morgan fingerprint density at radius 1 is 1.06 bits per heavy atom. The molecule has 31 heavy (non-hydrogen) atoms. The van der Waals surface area contributed by atoms with Crippen LogP contribution in [0.15, 0.2) is 71.8 Å². The summed E-state index contributed by atoms with van der Waals surface area (Å²) in [5.41, 5.74) is 0.248. The molecule has 0 amide bonds. The summed E-state index contributed by atoms with van der Waals surface area (Å²) in [6.45, 7) is 2.61. The molecule has 0 spiro atoms. The van der Waals surface area contributed by atoms with E-state index in [1.807, 2.05) is 13.8 Å². The van der Waals surface area contributed by atoms with Gasteiger partial charge in [0.15, 0.2) is 11.6 Å². The number of nitrogens with zero attached hydrogens (tertiary/aromatic N) is 1. The van der Waals surface area contributed by atoms with Gasteiger partial charge in [-0.25, -0.2) is 17.8 Å². The summed E-state index contributed by atoms with van der Waals surface area (Å²) >= 11 is 0. The lowest BCUT2D eigenvalue weighted by atomic mass is 10.0. The molecule has 1 aromatic heterocycles. The van der Waals surface area contributed by atoms with Gasteiger partial charge in [-0.2, -0.15) is 0 Å². The third-order valence-electron chi connectivity index (χ3n) is 4.10. The number of benzene rings is 2. The number of nitrogens with one attached hydrogen (secondary N) is 1. The Bertz CT molecular complexity index is 1150.